The maximum atomic E-state index is 12.6. The molecular formula is C19H33NO2. The first-order chi connectivity index (χ1) is 10.8. The molecule has 3 fully saturated rings. The highest BCUT2D eigenvalue weighted by Crippen LogP contribution is 2.51. The first-order valence-electron chi connectivity index (χ1n) is 9.63. The normalized spacial score (nSPS) is 39.2. The lowest BCUT2D eigenvalue weighted by Crippen LogP contribution is -2.72. The van der Waals surface area contributed by atoms with E-state index < -0.39 is 0 Å². The summed E-state index contributed by atoms with van der Waals surface area (Å²) in [5.74, 6) is 1.09. The molecule has 3 aliphatic rings. The summed E-state index contributed by atoms with van der Waals surface area (Å²) in [6.45, 7) is 5.92. The third-order valence-corrected chi connectivity index (χ3v) is 6.54. The Labute approximate surface area is 135 Å². The Morgan fingerprint density at radius 2 is 1.55 bits per heavy atom. The lowest BCUT2D eigenvalue weighted by atomic mass is 9.53. The van der Waals surface area contributed by atoms with Crippen LogP contribution in [0, 0.1) is 11.8 Å². The number of hydrogen-bond donors (Lipinski definition) is 0. The van der Waals surface area contributed by atoms with Gasteiger partial charge in [0.2, 0.25) is 0 Å². The van der Waals surface area contributed by atoms with E-state index in [4.69, 9.17) is 4.74 Å². The molecule has 0 bridgehead atoms. The van der Waals surface area contributed by atoms with Gasteiger partial charge in [0, 0.05) is 30.5 Å². The van der Waals surface area contributed by atoms with Crippen molar-refractivity contribution in [1.82, 2.24) is 4.90 Å². The molecule has 3 rings (SSSR count). The lowest BCUT2D eigenvalue weighted by Gasteiger charge is -2.60. The lowest BCUT2D eigenvalue weighted by molar-refractivity contribution is -0.170. The summed E-state index contributed by atoms with van der Waals surface area (Å²) in [4.78, 5) is 15.2. The third kappa shape index (κ3) is 2.99. The molecule has 1 heterocycles. The second kappa shape index (κ2) is 7.44. The Bertz CT molecular complexity index is 378. The van der Waals surface area contributed by atoms with Gasteiger partial charge in [-0.3, -0.25) is 9.69 Å². The molecular weight excluding hydrogens is 274 g/mol. The summed E-state index contributed by atoms with van der Waals surface area (Å²) < 4.78 is 5.57. The molecule has 3 heteroatoms. The molecule has 1 aliphatic heterocycles. The molecule has 0 aromatic heterocycles. The highest BCUT2D eigenvalue weighted by atomic mass is 16.5. The van der Waals surface area contributed by atoms with Gasteiger partial charge in [-0.2, -0.15) is 0 Å². The summed E-state index contributed by atoms with van der Waals surface area (Å²) in [6.07, 6.45) is 13.1. The predicted octanol–water partition coefficient (Wildman–Crippen LogP) is 3.81. The van der Waals surface area contributed by atoms with Gasteiger partial charge in [-0.15, -0.1) is 0 Å². The summed E-state index contributed by atoms with van der Waals surface area (Å²) in [5, 5.41) is 0. The van der Waals surface area contributed by atoms with Crippen LogP contribution < -0.4 is 0 Å². The van der Waals surface area contributed by atoms with Crippen LogP contribution in [-0.4, -0.2) is 42.5 Å². The smallest absolute Gasteiger partial charge is 0.142 e. The van der Waals surface area contributed by atoms with Gasteiger partial charge in [0.25, 0.3) is 0 Å². The van der Waals surface area contributed by atoms with Crippen LogP contribution >= 0.6 is 0 Å². The quantitative estimate of drug-likeness (QED) is 0.738. The van der Waals surface area contributed by atoms with E-state index in [0.717, 1.165) is 32.7 Å². The average Bonchev–Trinajstić information content (AvgIpc) is 2.55. The molecule has 0 aromatic rings. The first-order valence-corrected chi connectivity index (χ1v) is 9.63. The molecule has 0 aromatic carbocycles. The van der Waals surface area contributed by atoms with Crippen LogP contribution in [0.1, 0.15) is 71.1 Å². The van der Waals surface area contributed by atoms with Crippen LogP contribution in [-0.2, 0) is 9.53 Å². The molecule has 0 amide bonds. The van der Waals surface area contributed by atoms with Gasteiger partial charge in [0.1, 0.15) is 5.78 Å². The van der Waals surface area contributed by atoms with Crippen LogP contribution in [0.2, 0.25) is 0 Å². The van der Waals surface area contributed by atoms with Crippen LogP contribution in [0.15, 0.2) is 0 Å². The largest absolute Gasteiger partial charge is 0.379 e. The minimum atomic E-state index is 0.167. The topological polar surface area (TPSA) is 29.5 Å². The Kier molecular flexibility index (Phi) is 5.56. The standard InChI is InChI=1S/C19H33NO2/c1-16-18(21)17-10-8-6-4-2-3-5-7-9-11-19(16,17)20-12-14-22-15-13-20/h16-17H,2-15H2,1H3. The number of ketones is 1. The number of Topliss-reactive ketones (excluding diaryl/α,β-unsaturated/α-hetero) is 1. The van der Waals surface area contributed by atoms with Gasteiger partial charge in [-0.1, -0.05) is 58.3 Å². The Morgan fingerprint density at radius 3 is 2.23 bits per heavy atom. The molecule has 126 valence electrons. The van der Waals surface area contributed by atoms with E-state index in [0.29, 0.717) is 11.7 Å². The molecule has 22 heavy (non-hydrogen) atoms. The molecule has 3 nitrogen and oxygen atoms in total. The number of carbonyl (C=O) groups is 1. The van der Waals surface area contributed by atoms with Crippen molar-refractivity contribution >= 4 is 5.78 Å². The summed E-state index contributed by atoms with van der Waals surface area (Å²) in [7, 11) is 0. The van der Waals surface area contributed by atoms with E-state index in [1.807, 2.05) is 0 Å². The number of ether oxygens (including phenoxy) is 1. The number of hydrogen-bond acceptors (Lipinski definition) is 3. The van der Waals surface area contributed by atoms with Gasteiger partial charge in [0.15, 0.2) is 0 Å². The Morgan fingerprint density at radius 1 is 0.955 bits per heavy atom. The Balaban J connectivity index is 1.76. The maximum absolute atomic E-state index is 12.6. The minimum absolute atomic E-state index is 0.167. The molecule has 3 atom stereocenters. The molecule has 0 radical (unpaired) electrons. The van der Waals surface area contributed by atoms with Gasteiger partial charge < -0.3 is 4.74 Å². The molecule has 0 N–H and O–H groups in total. The van der Waals surface area contributed by atoms with E-state index >= 15 is 0 Å². The maximum Gasteiger partial charge on any atom is 0.142 e. The summed E-state index contributed by atoms with van der Waals surface area (Å²) >= 11 is 0. The monoisotopic (exact) mass is 307 g/mol. The fourth-order valence-electron chi connectivity index (χ4n) is 5.23. The van der Waals surface area contributed by atoms with Crippen LogP contribution in [0.25, 0.3) is 0 Å². The van der Waals surface area contributed by atoms with Crippen LogP contribution in [0.3, 0.4) is 0 Å². The number of nitrogens with zero attached hydrogens (tertiary/aromatic N) is 1. The summed E-state index contributed by atoms with van der Waals surface area (Å²) in [6, 6.07) is 0. The van der Waals surface area contributed by atoms with Crippen molar-refractivity contribution in [2.75, 3.05) is 26.3 Å². The third-order valence-electron chi connectivity index (χ3n) is 6.54. The fourth-order valence-corrected chi connectivity index (χ4v) is 5.23. The van der Waals surface area contributed by atoms with Crippen LogP contribution in [0.4, 0.5) is 0 Å². The number of carbonyl (C=O) groups excluding carboxylic acids is 1. The molecule has 1 saturated heterocycles. The highest BCUT2D eigenvalue weighted by Gasteiger charge is 2.61. The second-order valence-electron chi connectivity index (χ2n) is 7.63. The van der Waals surface area contributed by atoms with E-state index in [2.05, 4.69) is 11.8 Å². The van der Waals surface area contributed by atoms with Crippen molar-refractivity contribution in [1.29, 1.82) is 0 Å². The number of rotatable bonds is 1. The second-order valence-corrected chi connectivity index (χ2v) is 7.63. The molecule has 3 unspecified atom stereocenters. The van der Waals surface area contributed by atoms with Crippen molar-refractivity contribution in [3.8, 4) is 0 Å². The highest BCUT2D eigenvalue weighted by molar-refractivity contribution is 5.93. The summed E-state index contributed by atoms with van der Waals surface area (Å²) in [5.41, 5.74) is 0.167. The molecule has 0 spiro atoms. The van der Waals surface area contributed by atoms with E-state index in [1.54, 1.807) is 0 Å². The average molecular weight is 307 g/mol. The Hall–Kier alpha value is -0.410. The SMILES string of the molecule is CC1C(=O)C2CCCCCCCCCCC12N1CCOCC1. The van der Waals surface area contributed by atoms with Gasteiger partial charge in [-0.05, 0) is 12.8 Å². The fraction of sp³-hybridized carbons (Fsp3) is 0.947. The van der Waals surface area contributed by atoms with E-state index in [9.17, 15) is 4.79 Å². The zero-order chi connectivity index (χ0) is 15.4. The van der Waals surface area contributed by atoms with Crippen molar-refractivity contribution in [2.45, 2.75) is 76.7 Å². The molecule has 2 aliphatic carbocycles. The zero-order valence-corrected chi connectivity index (χ0v) is 14.3. The van der Waals surface area contributed by atoms with Gasteiger partial charge in [0.05, 0.1) is 13.2 Å². The van der Waals surface area contributed by atoms with Crippen molar-refractivity contribution < 1.29 is 9.53 Å². The molecule has 2 saturated carbocycles. The van der Waals surface area contributed by atoms with Gasteiger partial charge >= 0.3 is 0 Å². The first kappa shape index (κ1) is 16.4. The van der Waals surface area contributed by atoms with E-state index in [-0.39, 0.29) is 11.5 Å². The van der Waals surface area contributed by atoms with Crippen LogP contribution in [0.5, 0.6) is 0 Å². The van der Waals surface area contributed by atoms with Crippen molar-refractivity contribution in [3.05, 3.63) is 0 Å². The zero-order valence-electron chi connectivity index (χ0n) is 14.3. The minimum Gasteiger partial charge on any atom is -0.379 e. The van der Waals surface area contributed by atoms with E-state index in [1.165, 1.54) is 57.8 Å². The predicted molar refractivity (Wildman–Crippen MR) is 89.0 cm³/mol. The van der Waals surface area contributed by atoms with Crippen molar-refractivity contribution in [2.24, 2.45) is 11.8 Å². The van der Waals surface area contributed by atoms with Crippen molar-refractivity contribution in [3.63, 3.8) is 0 Å². The number of morpholine rings is 1. The number of fused-ring (bicyclic) bond motifs is 1. The van der Waals surface area contributed by atoms with Gasteiger partial charge in [-0.25, -0.2) is 0 Å².